The Morgan fingerprint density at radius 1 is 1.00 bits per heavy atom. The molecule has 0 radical (unpaired) electrons. The summed E-state index contributed by atoms with van der Waals surface area (Å²) in [5.74, 6) is 1.62. The van der Waals surface area contributed by atoms with Crippen LogP contribution < -0.4 is 15.4 Å². The smallest absolute Gasteiger partial charge is 0.228 e. The lowest BCUT2D eigenvalue weighted by molar-refractivity contribution is -0.117. The molecule has 1 atom stereocenters. The topological polar surface area (TPSA) is 55.6 Å². The molecule has 0 aromatic heterocycles. The molecule has 2 N–H and O–H groups in total. The maximum Gasteiger partial charge on any atom is 0.228 e. The number of hydrogen-bond donors (Lipinski definition) is 1. The third kappa shape index (κ3) is 2.65. The Morgan fingerprint density at radius 3 is 2.25 bits per heavy atom. The monoisotopic (exact) mass is 268 g/mol. The lowest BCUT2D eigenvalue weighted by Gasteiger charge is -2.16. The van der Waals surface area contributed by atoms with E-state index >= 15 is 0 Å². The van der Waals surface area contributed by atoms with Gasteiger partial charge in [-0.2, -0.15) is 0 Å². The van der Waals surface area contributed by atoms with Crippen LogP contribution in [-0.4, -0.2) is 18.5 Å². The van der Waals surface area contributed by atoms with E-state index in [0.29, 0.717) is 13.0 Å². The van der Waals surface area contributed by atoms with Gasteiger partial charge in [0.2, 0.25) is 5.91 Å². The first-order valence-corrected chi connectivity index (χ1v) is 6.61. The molecule has 4 heteroatoms. The Balaban J connectivity index is 1.73. The first-order chi connectivity index (χ1) is 9.72. The van der Waals surface area contributed by atoms with Gasteiger partial charge in [-0.25, -0.2) is 0 Å². The van der Waals surface area contributed by atoms with E-state index in [2.05, 4.69) is 0 Å². The molecule has 4 nitrogen and oxygen atoms in total. The van der Waals surface area contributed by atoms with Crippen molar-refractivity contribution in [1.82, 2.24) is 0 Å². The number of ether oxygens (including phenoxy) is 1. The number of anilines is 1. The van der Waals surface area contributed by atoms with Gasteiger partial charge >= 0.3 is 0 Å². The van der Waals surface area contributed by atoms with Crippen LogP contribution in [0.3, 0.4) is 0 Å². The molecule has 0 saturated carbocycles. The number of carbonyl (C=O) groups excluding carboxylic acids is 1. The van der Waals surface area contributed by atoms with Crippen LogP contribution in [0, 0.1) is 0 Å². The van der Waals surface area contributed by atoms with E-state index in [9.17, 15) is 4.79 Å². The van der Waals surface area contributed by atoms with Gasteiger partial charge in [-0.15, -0.1) is 0 Å². The van der Waals surface area contributed by atoms with Crippen molar-refractivity contribution in [3.05, 3.63) is 54.6 Å². The number of nitrogens with zero attached hydrogens (tertiary/aromatic N) is 1. The van der Waals surface area contributed by atoms with Crippen molar-refractivity contribution in [1.29, 1.82) is 0 Å². The van der Waals surface area contributed by atoms with Crippen LogP contribution in [0.1, 0.15) is 6.42 Å². The quantitative estimate of drug-likeness (QED) is 0.930. The fourth-order valence-electron chi connectivity index (χ4n) is 2.30. The Morgan fingerprint density at radius 2 is 1.65 bits per heavy atom. The molecule has 1 fully saturated rings. The van der Waals surface area contributed by atoms with Gasteiger partial charge in [0, 0.05) is 24.7 Å². The van der Waals surface area contributed by atoms with Gasteiger partial charge in [-0.1, -0.05) is 18.2 Å². The van der Waals surface area contributed by atoms with E-state index in [1.807, 2.05) is 54.6 Å². The predicted molar refractivity (Wildman–Crippen MR) is 77.9 cm³/mol. The molecular weight excluding hydrogens is 252 g/mol. The number of rotatable bonds is 3. The highest BCUT2D eigenvalue weighted by Crippen LogP contribution is 2.26. The lowest BCUT2D eigenvalue weighted by Crippen LogP contribution is -2.27. The molecule has 102 valence electrons. The van der Waals surface area contributed by atoms with Crippen LogP contribution in [-0.2, 0) is 4.79 Å². The van der Waals surface area contributed by atoms with E-state index in [1.54, 1.807) is 4.90 Å². The second-order valence-electron chi connectivity index (χ2n) is 4.88. The third-order valence-corrected chi connectivity index (χ3v) is 3.28. The maximum atomic E-state index is 11.8. The minimum atomic E-state index is -0.0669. The summed E-state index contributed by atoms with van der Waals surface area (Å²) in [5, 5.41) is 0. The van der Waals surface area contributed by atoms with Crippen molar-refractivity contribution in [2.75, 3.05) is 11.4 Å². The average molecular weight is 268 g/mol. The fraction of sp³-hybridized carbons (Fsp3) is 0.188. The van der Waals surface area contributed by atoms with Crippen LogP contribution in [0.25, 0.3) is 0 Å². The molecule has 1 saturated heterocycles. The van der Waals surface area contributed by atoms with E-state index in [1.165, 1.54) is 0 Å². The second-order valence-corrected chi connectivity index (χ2v) is 4.88. The van der Waals surface area contributed by atoms with Crippen LogP contribution in [0.5, 0.6) is 11.5 Å². The molecular formula is C16H16N2O2. The molecule has 0 spiro atoms. The largest absolute Gasteiger partial charge is 0.457 e. The fourth-order valence-corrected chi connectivity index (χ4v) is 2.30. The van der Waals surface area contributed by atoms with Crippen molar-refractivity contribution in [3.63, 3.8) is 0 Å². The molecule has 1 aliphatic rings. The van der Waals surface area contributed by atoms with E-state index < -0.39 is 0 Å². The molecule has 0 bridgehead atoms. The second kappa shape index (κ2) is 5.35. The van der Waals surface area contributed by atoms with Crippen molar-refractivity contribution in [2.24, 2.45) is 5.73 Å². The molecule has 1 amide bonds. The number of carbonyl (C=O) groups is 1. The summed E-state index contributed by atoms with van der Waals surface area (Å²) in [5.41, 5.74) is 6.66. The van der Waals surface area contributed by atoms with Gasteiger partial charge in [-0.05, 0) is 36.4 Å². The van der Waals surface area contributed by atoms with E-state index in [4.69, 9.17) is 10.5 Å². The summed E-state index contributed by atoms with van der Waals surface area (Å²) in [6.07, 6.45) is 0.419. The highest BCUT2D eigenvalue weighted by Gasteiger charge is 2.27. The molecule has 0 aliphatic carbocycles. The Hall–Kier alpha value is -2.33. The predicted octanol–water partition coefficient (Wildman–Crippen LogP) is 2.54. The first-order valence-electron chi connectivity index (χ1n) is 6.61. The summed E-state index contributed by atoms with van der Waals surface area (Å²) >= 11 is 0. The highest BCUT2D eigenvalue weighted by atomic mass is 16.5. The van der Waals surface area contributed by atoms with Crippen molar-refractivity contribution >= 4 is 11.6 Å². The van der Waals surface area contributed by atoms with Crippen LogP contribution in [0.2, 0.25) is 0 Å². The Kier molecular flexibility index (Phi) is 3.39. The molecule has 20 heavy (non-hydrogen) atoms. The van der Waals surface area contributed by atoms with E-state index in [-0.39, 0.29) is 11.9 Å². The average Bonchev–Trinajstić information content (AvgIpc) is 2.80. The molecule has 0 unspecified atom stereocenters. The molecule has 2 aromatic rings. The summed E-state index contributed by atoms with van der Waals surface area (Å²) < 4.78 is 5.72. The van der Waals surface area contributed by atoms with Gasteiger partial charge in [0.05, 0.1) is 0 Å². The van der Waals surface area contributed by atoms with Crippen molar-refractivity contribution in [2.45, 2.75) is 12.5 Å². The molecule has 3 rings (SSSR count). The zero-order chi connectivity index (χ0) is 13.9. The minimum Gasteiger partial charge on any atom is -0.457 e. The van der Waals surface area contributed by atoms with Crippen molar-refractivity contribution < 1.29 is 9.53 Å². The number of hydrogen-bond acceptors (Lipinski definition) is 3. The summed E-state index contributed by atoms with van der Waals surface area (Å²) in [7, 11) is 0. The molecule has 1 aliphatic heterocycles. The normalized spacial score (nSPS) is 18.4. The van der Waals surface area contributed by atoms with Gasteiger partial charge in [0.1, 0.15) is 11.5 Å². The first kappa shape index (κ1) is 12.7. The maximum absolute atomic E-state index is 11.8. The number of nitrogens with two attached hydrogens (primary N) is 1. The summed E-state index contributed by atoms with van der Waals surface area (Å²) in [4.78, 5) is 13.5. The van der Waals surface area contributed by atoms with Crippen LogP contribution in [0.4, 0.5) is 5.69 Å². The van der Waals surface area contributed by atoms with Gasteiger partial charge in [0.15, 0.2) is 0 Å². The van der Waals surface area contributed by atoms with Gasteiger partial charge < -0.3 is 15.4 Å². The lowest BCUT2D eigenvalue weighted by atomic mass is 10.2. The standard InChI is InChI=1S/C16H16N2O2/c17-12-10-16(19)18(11-12)13-6-8-15(9-7-13)20-14-4-2-1-3-5-14/h1-9,12H,10-11,17H2/t12-/m1/s1. The van der Waals surface area contributed by atoms with Gasteiger partial charge in [0.25, 0.3) is 0 Å². The number of para-hydroxylation sites is 1. The zero-order valence-electron chi connectivity index (χ0n) is 11.0. The zero-order valence-corrected chi connectivity index (χ0v) is 11.0. The molecule has 1 heterocycles. The number of benzene rings is 2. The third-order valence-electron chi connectivity index (χ3n) is 3.28. The Bertz CT molecular complexity index is 596. The minimum absolute atomic E-state index is 0.0669. The van der Waals surface area contributed by atoms with Crippen LogP contribution >= 0.6 is 0 Å². The van der Waals surface area contributed by atoms with Crippen LogP contribution in [0.15, 0.2) is 54.6 Å². The highest BCUT2D eigenvalue weighted by molar-refractivity contribution is 5.96. The van der Waals surface area contributed by atoms with Gasteiger partial charge in [-0.3, -0.25) is 4.79 Å². The molecule has 2 aromatic carbocycles. The summed E-state index contributed by atoms with van der Waals surface area (Å²) in [6.45, 7) is 0.581. The SMILES string of the molecule is N[C@@H]1CC(=O)N(c2ccc(Oc3ccccc3)cc2)C1. The van der Waals surface area contributed by atoms with Crippen molar-refractivity contribution in [3.8, 4) is 11.5 Å². The number of amides is 1. The Labute approximate surface area is 117 Å². The summed E-state index contributed by atoms with van der Waals surface area (Å²) in [6, 6.07) is 17.0. The van der Waals surface area contributed by atoms with E-state index in [0.717, 1.165) is 17.2 Å².